The van der Waals surface area contributed by atoms with E-state index >= 15 is 0 Å². The Morgan fingerprint density at radius 1 is 0.871 bits per heavy atom. The number of sulfonamides is 2. The van der Waals surface area contributed by atoms with Gasteiger partial charge in [0.2, 0.25) is 20.0 Å². The molecule has 0 spiro atoms. The maximum absolute atomic E-state index is 13.4. The van der Waals surface area contributed by atoms with Crippen LogP contribution in [0.5, 0.6) is 0 Å². The summed E-state index contributed by atoms with van der Waals surface area (Å²) < 4.78 is 55.8. The van der Waals surface area contributed by atoms with Crippen molar-refractivity contribution < 1.29 is 16.8 Å². The number of hydrogen-bond donors (Lipinski definition) is 1. The highest BCUT2D eigenvalue weighted by Crippen LogP contribution is 2.24. The quantitative estimate of drug-likeness (QED) is 0.473. The van der Waals surface area contributed by atoms with Crippen molar-refractivity contribution in [3.8, 4) is 0 Å². The van der Waals surface area contributed by atoms with Crippen LogP contribution in [-0.2, 0) is 33.1 Å². The Balaban J connectivity index is 1.90. The molecule has 1 aromatic heterocycles. The third-order valence-electron chi connectivity index (χ3n) is 4.85. The number of nitrogens with zero attached hydrogens (tertiary/aromatic N) is 1. The molecule has 9 heteroatoms. The molecular weight excluding hydrogens is 452 g/mol. The molecular formula is C22H26N2O4S3. The van der Waals surface area contributed by atoms with Crippen LogP contribution in [0.2, 0.25) is 0 Å². The van der Waals surface area contributed by atoms with Gasteiger partial charge in [-0.2, -0.15) is 4.31 Å². The van der Waals surface area contributed by atoms with E-state index in [9.17, 15) is 16.8 Å². The maximum Gasteiger partial charge on any atom is 0.243 e. The second-order valence-electron chi connectivity index (χ2n) is 7.24. The molecule has 6 nitrogen and oxygen atoms in total. The zero-order valence-corrected chi connectivity index (χ0v) is 19.9. The topological polar surface area (TPSA) is 83.5 Å². The zero-order chi connectivity index (χ0) is 22.5. The normalized spacial score (nSPS) is 13.4. The third-order valence-corrected chi connectivity index (χ3v) is 9.13. The molecule has 0 saturated heterocycles. The summed E-state index contributed by atoms with van der Waals surface area (Å²) in [7, 11) is -7.54. The van der Waals surface area contributed by atoms with Crippen LogP contribution in [0.1, 0.15) is 30.7 Å². The Morgan fingerprint density at radius 3 is 2.10 bits per heavy atom. The summed E-state index contributed by atoms with van der Waals surface area (Å²) in [6.45, 7) is 4.13. The van der Waals surface area contributed by atoms with Gasteiger partial charge in [0.05, 0.1) is 9.79 Å². The molecule has 0 saturated carbocycles. The number of nitrogens with one attached hydrogen (secondary N) is 1. The van der Waals surface area contributed by atoms with Crippen LogP contribution < -0.4 is 4.72 Å². The average Bonchev–Trinajstić information content (AvgIpc) is 3.27. The van der Waals surface area contributed by atoms with E-state index in [1.54, 1.807) is 6.92 Å². The number of thiophene rings is 1. The molecule has 0 aliphatic heterocycles. The summed E-state index contributed by atoms with van der Waals surface area (Å²) in [4.78, 5) is 1.03. The highest BCUT2D eigenvalue weighted by atomic mass is 32.2. The van der Waals surface area contributed by atoms with Gasteiger partial charge in [0.15, 0.2) is 0 Å². The molecule has 2 aromatic carbocycles. The molecule has 0 aliphatic carbocycles. The minimum absolute atomic E-state index is 0.0413. The van der Waals surface area contributed by atoms with Crippen LogP contribution in [-0.4, -0.2) is 27.2 Å². The summed E-state index contributed by atoms with van der Waals surface area (Å²) in [5, 5.41) is 1.91. The van der Waals surface area contributed by atoms with Crippen molar-refractivity contribution in [3.63, 3.8) is 0 Å². The number of rotatable bonds is 10. The molecule has 3 rings (SSSR count). The van der Waals surface area contributed by atoms with Gasteiger partial charge in [0, 0.05) is 24.0 Å². The molecule has 1 heterocycles. The van der Waals surface area contributed by atoms with Crippen molar-refractivity contribution in [2.45, 2.75) is 49.2 Å². The first kappa shape index (κ1) is 23.6. The Kier molecular flexibility index (Phi) is 7.66. The van der Waals surface area contributed by atoms with Crippen molar-refractivity contribution in [1.82, 2.24) is 9.03 Å². The van der Waals surface area contributed by atoms with Gasteiger partial charge in [-0.15, -0.1) is 11.3 Å². The van der Waals surface area contributed by atoms with E-state index in [0.717, 1.165) is 10.4 Å². The highest BCUT2D eigenvalue weighted by molar-refractivity contribution is 7.89. The highest BCUT2D eigenvalue weighted by Gasteiger charge is 2.26. The van der Waals surface area contributed by atoms with Gasteiger partial charge in [0.1, 0.15) is 0 Å². The molecule has 0 aliphatic rings. The van der Waals surface area contributed by atoms with Crippen LogP contribution in [0.3, 0.4) is 0 Å². The summed E-state index contributed by atoms with van der Waals surface area (Å²) in [5.74, 6) is 0. The monoisotopic (exact) mass is 478 g/mol. The van der Waals surface area contributed by atoms with Gasteiger partial charge in [0.25, 0.3) is 0 Å². The molecule has 166 valence electrons. The molecule has 31 heavy (non-hydrogen) atoms. The fourth-order valence-corrected chi connectivity index (χ4v) is 6.48. The van der Waals surface area contributed by atoms with Gasteiger partial charge in [-0.3, -0.25) is 0 Å². The van der Waals surface area contributed by atoms with Crippen LogP contribution >= 0.6 is 11.3 Å². The molecule has 0 radical (unpaired) electrons. The summed E-state index contributed by atoms with van der Waals surface area (Å²) in [6, 6.07) is 18.3. The Labute approximate surface area is 188 Å². The predicted molar refractivity (Wildman–Crippen MR) is 124 cm³/mol. The van der Waals surface area contributed by atoms with Gasteiger partial charge in [-0.05, 0) is 54.6 Å². The van der Waals surface area contributed by atoms with Crippen LogP contribution in [0.4, 0.5) is 0 Å². The lowest BCUT2D eigenvalue weighted by molar-refractivity contribution is 0.404. The minimum Gasteiger partial charge on any atom is -0.208 e. The fraction of sp³-hybridized carbons (Fsp3) is 0.273. The van der Waals surface area contributed by atoms with Crippen molar-refractivity contribution in [3.05, 3.63) is 82.6 Å². The van der Waals surface area contributed by atoms with Crippen LogP contribution in [0.15, 0.2) is 81.9 Å². The fourth-order valence-electron chi connectivity index (χ4n) is 2.95. The number of benzene rings is 2. The van der Waals surface area contributed by atoms with Crippen molar-refractivity contribution >= 4 is 31.4 Å². The first-order valence-electron chi connectivity index (χ1n) is 9.91. The molecule has 0 unspecified atom stereocenters. The SMILES string of the molecule is CC[C@H](C)NS(=O)(=O)c1ccc(S(=O)(=O)N(Cc2ccccc2)Cc2cccs2)cc1. The number of hydrogen-bond acceptors (Lipinski definition) is 5. The Bertz CT molecular complexity index is 1180. The molecule has 0 fully saturated rings. The maximum atomic E-state index is 13.4. The lowest BCUT2D eigenvalue weighted by atomic mass is 10.2. The Hall–Kier alpha value is -2.04. The lowest BCUT2D eigenvalue weighted by Gasteiger charge is -2.22. The lowest BCUT2D eigenvalue weighted by Crippen LogP contribution is -2.32. The predicted octanol–water partition coefficient (Wildman–Crippen LogP) is 4.22. The zero-order valence-electron chi connectivity index (χ0n) is 17.4. The van der Waals surface area contributed by atoms with E-state index in [4.69, 9.17) is 0 Å². The summed E-state index contributed by atoms with van der Waals surface area (Å²) >= 11 is 1.49. The van der Waals surface area contributed by atoms with Gasteiger partial charge >= 0.3 is 0 Å². The van der Waals surface area contributed by atoms with Gasteiger partial charge in [-0.25, -0.2) is 21.6 Å². The largest absolute Gasteiger partial charge is 0.243 e. The standard InChI is InChI=1S/C22H26N2O4S3/c1-3-18(2)23-30(25,26)21-11-13-22(14-12-21)31(27,28)24(17-20-10-7-15-29-20)16-19-8-5-4-6-9-19/h4-15,18,23H,3,16-17H2,1-2H3/t18-/m0/s1. The van der Waals surface area contributed by atoms with Crippen molar-refractivity contribution in [1.29, 1.82) is 0 Å². The summed E-state index contributed by atoms with van der Waals surface area (Å²) in [5.41, 5.74) is 0.875. The molecule has 3 aromatic rings. The van der Waals surface area contributed by atoms with Gasteiger partial charge in [-0.1, -0.05) is 43.3 Å². The smallest absolute Gasteiger partial charge is 0.208 e. The third kappa shape index (κ3) is 6.02. The van der Waals surface area contributed by atoms with E-state index in [2.05, 4.69) is 4.72 Å². The second kappa shape index (κ2) is 10.1. The van der Waals surface area contributed by atoms with Crippen LogP contribution in [0, 0.1) is 0 Å². The molecule has 1 N–H and O–H groups in total. The van der Waals surface area contributed by atoms with E-state index in [1.807, 2.05) is 54.8 Å². The first-order chi connectivity index (χ1) is 14.7. The average molecular weight is 479 g/mol. The second-order valence-corrected chi connectivity index (χ2v) is 11.9. The van der Waals surface area contributed by atoms with Crippen molar-refractivity contribution in [2.24, 2.45) is 0 Å². The van der Waals surface area contributed by atoms with Crippen molar-refractivity contribution in [2.75, 3.05) is 0 Å². The molecule has 0 bridgehead atoms. The molecule has 0 amide bonds. The van der Waals surface area contributed by atoms with E-state index in [-0.39, 0.29) is 28.9 Å². The minimum atomic E-state index is -3.84. The van der Waals surface area contributed by atoms with Gasteiger partial charge < -0.3 is 0 Å². The van der Waals surface area contributed by atoms with E-state index < -0.39 is 20.0 Å². The Morgan fingerprint density at radius 2 is 1.52 bits per heavy atom. The van der Waals surface area contributed by atoms with E-state index in [0.29, 0.717) is 6.42 Å². The first-order valence-corrected chi connectivity index (χ1v) is 13.7. The van der Waals surface area contributed by atoms with E-state index in [1.165, 1.54) is 39.9 Å². The van der Waals surface area contributed by atoms with Crippen LogP contribution in [0.25, 0.3) is 0 Å². The summed E-state index contributed by atoms with van der Waals surface area (Å²) in [6.07, 6.45) is 0.656. The molecule has 1 atom stereocenters.